The molecule has 160 valence electrons. The largest absolute Gasteiger partial charge is 0.513 e. The van der Waals surface area contributed by atoms with Crippen molar-refractivity contribution >= 4 is 5.78 Å². The van der Waals surface area contributed by atoms with E-state index >= 15 is 0 Å². The Hall–Kier alpha value is -0.830. The van der Waals surface area contributed by atoms with Gasteiger partial charge in [0.05, 0.1) is 11.4 Å². The number of allylic oxidation sites excluding steroid dienone is 1. The first-order valence-corrected chi connectivity index (χ1v) is 12.2. The molecule has 0 spiro atoms. The summed E-state index contributed by atoms with van der Waals surface area (Å²) in [5, 5.41) is 21.6. The molecule has 6 aliphatic carbocycles. The molecular weight excluding hydrogens is 360 g/mol. The van der Waals surface area contributed by atoms with E-state index in [1.54, 1.807) is 0 Å². The molecule has 6 fully saturated rings. The summed E-state index contributed by atoms with van der Waals surface area (Å²) in [5.41, 5.74) is -0.157. The summed E-state index contributed by atoms with van der Waals surface area (Å²) in [7, 11) is 0. The number of rotatable bonds is 3. The minimum atomic E-state index is -0.735. The third kappa shape index (κ3) is 2.03. The van der Waals surface area contributed by atoms with Crippen molar-refractivity contribution in [3.63, 3.8) is 0 Å². The molecule has 6 rings (SSSR count). The van der Waals surface area contributed by atoms with E-state index in [1.165, 1.54) is 19.3 Å². The number of carbonyl (C=O) groups is 1. The van der Waals surface area contributed by atoms with Gasteiger partial charge in [-0.3, -0.25) is 4.79 Å². The van der Waals surface area contributed by atoms with Crippen molar-refractivity contribution in [2.45, 2.75) is 84.2 Å². The molecule has 3 nitrogen and oxygen atoms in total. The van der Waals surface area contributed by atoms with Gasteiger partial charge in [0, 0.05) is 24.7 Å². The molecule has 0 saturated heterocycles. The lowest BCUT2D eigenvalue weighted by Crippen LogP contribution is -2.64. The van der Waals surface area contributed by atoms with E-state index in [-0.39, 0.29) is 11.2 Å². The Kier molecular flexibility index (Phi) is 3.46. The van der Waals surface area contributed by atoms with Gasteiger partial charge >= 0.3 is 0 Å². The standard InChI is InChI=1S/C26H38O3/c1-14(27)5-8-23(2)19-12-17(19)22-21-16-11-20(16)26(29)13-15(28)6-9-24(26,3)18(21)7-10-25(22,23)4/h16-22,27,29H,1,5-13H2,2-4H3/t16?,17?,18?,19-,20+,21?,22?,23+,24+,25?,26+/m0/s1. The monoisotopic (exact) mass is 398 g/mol. The van der Waals surface area contributed by atoms with Crippen LogP contribution in [0.5, 0.6) is 0 Å². The van der Waals surface area contributed by atoms with Gasteiger partial charge in [-0.25, -0.2) is 0 Å². The topological polar surface area (TPSA) is 57.5 Å². The van der Waals surface area contributed by atoms with E-state index in [0.717, 1.165) is 49.4 Å². The molecule has 6 unspecified atom stereocenters. The fourth-order valence-electron chi connectivity index (χ4n) is 10.3. The van der Waals surface area contributed by atoms with Crippen molar-refractivity contribution in [2.75, 3.05) is 0 Å². The highest BCUT2D eigenvalue weighted by molar-refractivity contribution is 5.81. The van der Waals surface area contributed by atoms with Gasteiger partial charge in [0.25, 0.3) is 0 Å². The minimum Gasteiger partial charge on any atom is -0.513 e. The number of Topliss-reactive ketones (excluding diaryl/α,β-unsaturated/α-hetero) is 1. The number of aliphatic hydroxyl groups is 2. The summed E-state index contributed by atoms with van der Waals surface area (Å²) in [4.78, 5) is 12.3. The Morgan fingerprint density at radius 3 is 2.52 bits per heavy atom. The molecule has 0 aromatic rings. The Morgan fingerprint density at radius 1 is 1.07 bits per heavy atom. The number of carbonyl (C=O) groups excluding carboxylic acids is 1. The average Bonchev–Trinajstić information content (AvgIpc) is 3.54. The quantitative estimate of drug-likeness (QED) is 0.636. The van der Waals surface area contributed by atoms with Crippen molar-refractivity contribution in [1.29, 1.82) is 0 Å². The van der Waals surface area contributed by atoms with Crippen LogP contribution in [0.3, 0.4) is 0 Å². The smallest absolute Gasteiger partial charge is 0.135 e. The van der Waals surface area contributed by atoms with Crippen LogP contribution in [0.4, 0.5) is 0 Å². The second kappa shape index (κ2) is 5.31. The van der Waals surface area contributed by atoms with Gasteiger partial charge in [-0.2, -0.15) is 0 Å². The van der Waals surface area contributed by atoms with Crippen LogP contribution in [-0.4, -0.2) is 21.6 Å². The van der Waals surface area contributed by atoms with Crippen LogP contribution in [0, 0.1) is 57.7 Å². The van der Waals surface area contributed by atoms with E-state index in [9.17, 15) is 15.0 Å². The molecule has 3 heteroatoms. The van der Waals surface area contributed by atoms with Crippen LogP contribution in [-0.2, 0) is 4.79 Å². The van der Waals surface area contributed by atoms with Crippen molar-refractivity contribution in [3.8, 4) is 0 Å². The van der Waals surface area contributed by atoms with Crippen LogP contribution in [0.15, 0.2) is 12.3 Å². The first-order chi connectivity index (χ1) is 13.6. The molecule has 0 radical (unpaired) electrons. The summed E-state index contributed by atoms with van der Waals surface area (Å²) in [6.07, 6.45) is 8.76. The van der Waals surface area contributed by atoms with Gasteiger partial charge in [-0.05, 0) is 90.8 Å². The van der Waals surface area contributed by atoms with Crippen LogP contribution in [0.2, 0.25) is 0 Å². The van der Waals surface area contributed by atoms with E-state index in [2.05, 4.69) is 27.4 Å². The molecule has 0 bridgehead atoms. The van der Waals surface area contributed by atoms with Crippen LogP contribution in [0.25, 0.3) is 0 Å². The van der Waals surface area contributed by atoms with Gasteiger partial charge in [0.1, 0.15) is 5.78 Å². The van der Waals surface area contributed by atoms with E-state index in [0.29, 0.717) is 47.2 Å². The van der Waals surface area contributed by atoms with Crippen LogP contribution < -0.4 is 0 Å². The fraction of sp³-hybridized carbons (Fsp3) is 0.885. The van der Waals surface area contributed by atoms with Gasteiger partial charge in [-0.1, -0.05) is 27.4 Å². The number of hydrogen-bond acceptors (Lipinski definition) is 3. The van der Waals surface area contributed by atoms with Crippen LogP contribution in [0.1, 0.15) is 78.6 Å². The second-order valence-corrected chi connectivity index (χ2v) is 12.7. The van der Waals surface area contributed by atoms with E-state index in [4.69, 9.17) is 0 Å². The molecule has 11 atom stereocenters. The van der Waals surface area contributed by atoms with Gasteiger partial charge in [-0.15, -0.1) is 0 Å². The van der Waals surface area contributed by atoms with Crippen LogP contribution >= 0.6 is 0 Å². The summed E-state index contributed by atoms with van der Waals surface area (Å²) in [6, 6.07) is 0. The molecular formula is C26H38O3. The number of hydrogen-bond donors (Lipinski definition) is 2. The summed E-state index contributed by atoms with van der Waals surface area (Å²) in [6.45, 7) is 11.2. The maximum Gasteiger partial charge on any atom is 0.135 e. The maximum absolute atomic E-state index is 12.3. The highest BCUT2D eigenvalue weighted by atomic mass is 16.3. The van der Waals surface area contributed by atoms with E-state index in [1.807, 2.05) is 0 Å². The molecule has 0 amide bonds. The van der Waals surface area contributed by atoms with Gasteiger partial charge in [0.2, 0.25) is 0 Å². The Bertz CT molecular complexity index is 804. The number of fused-ring (bicyclic) bond motifs is 10. The summed E-state index contributed by atoms with van der Waals surface area (Å²) < 4.78 is 0. The molecule has 0 aromatic carbocycles. The molecule has 0 aromatic heterocycles. The predicted molar refractivity (Wildman–Crippen MR) is 112 cm³/mol. The van der Waals surface area contributed by atoms with Gasteiger partial charge in [0.15, 0.2) is 0 Å². The first kappa shape index (κ1) is 18.9. The normalized spacial score (nSPS) is 61.7. The fourth-order valence-corrected chi connectivity index (χ4v) is 10.3. The molecule has 6 saturated carbocycles. The lowest BCUT2D eigenvalue weighted by molar-refractivity contribution is -0.216. The van der Waals surface area contributed by atoms with Gasteiger partial charge < -0.3 is 10.2 Å². The van der Waals surface area contributed by atoms with Crippen molar-refractivity contribution in [3.05, 3.63) is 12.3 Å². The summed E-state index contributed by atoms with van der Waals surface area (Å²) >= 11 is 0. The van der Waals surface area contributed by atoms with Crippen molar-refractivity contribution < 1.29 is 15.0 Å². The Labute approximate surface area is 175 Å². The average molecular weight is 399 g/mol. The molecule has 29 heavy (non-hydrogen) atoms. The zero-order chi connectivity index (χ0) is 20.6. The minimum absolute atomic E-state index is 0.0761. The molecule has 2 N–H and O–H groups in total. The van der Waals surface area contributed by atoms with Crippen molar-refractivity contribution in [2.24, 2.45) is 57.7 Å². The SMILES string of the molecule is C=C(O)CC[C@]1(C)[C@H]2CC2C2C3C4C[C@H]4[C@]4(O)CC(=O)CC[C@]4(C)C3CCC21C. The summed E-state index contributed by atoms with van der Waals surface area (Å²) in [5.74, 6) is 5.40. The molecule has 0 heterocycles. The van der Waals surface area contributed by atoms with Crippen molar-refractivity contribution in [1.82, 2.24) is 0 Å². The lowest BCUT2D eigenvalue weighted by Gasteiger charge is -2.64. The first-order valence-electron chi connectivity index (χ1n) is 12.2. The lowest BCUT2D eigenvalue weighted by atomic mass is 9.41. The molecule has 6 aliphatic rings. The molecule has 0 aliphatic heterocycles. The highest BCUT2D eigenvalue weighted by Crippen LogP contribution is 2.84. The zero-order valence-corrected chi connectivity index (χ0v) is 18.4. The maximum atomic E-state index is 12.3. The highest BCUT2D eigenvalue weighted by Gasteiger charge is 2.80. The number of ketones is 1. The Morgan fingerprint density at radius 2 is 1.79 bits per heavy atom. The Balaban J connectivity index is 1.38. The van der Waals surface area contributed by atoms with E-state index < -0.39 is 5.60 Å². The third-order valence-electron chi connectivity index (χ3n) is 12.1. The second-order valence-electron chi connectivity index (χ2n) is 12.7. The predicted octanol–water partition coefficient (Wildman–Crippen LogP) is 5.28. The zero-order valence-electron chi connectivity index (χ0n) is 18.4. The number of aliphatic hydroxyl groups excluding tert-OH is 1. The third-order valence-corrected chi connectivity index (χ3v) is 12.1.